The maximum absolute atomic E-state index is 11.4. The molecule has 5 heteroatoms. The van der Waals surface area contributed by atoms with E-state index in [0.717, 1.165) is 12.8 Å². The fraction of sp³-hybridized carbons (Fsp3) is 0.818. The Hall–Kier alpha value is -1.26. The summed E-state index contributed by atoms with van der Waals surface area (Å²) in [6.07, 6.45) is 3.55. The highest BCUT2D eigenvalue weighted by atomic mass is 16.4. The van der Waals surface area contributed by atoms with Crippen LogP contribution in [0.15, 0.2) is 0 Å². The molecule has 1 aliphatic carbocycles. The molecule has 1 rings (SSSR count). The third kappa shape index (κ3) is 3.72. The van der Waals surface area contributed by atoms with Gasteiger partial charge in [-0.3, -0.25) is 0 Å². The second-order valence-electron chi connectivity index (χ2n) is 4.71. The Kier molecular flexibility index (Phi) is 4.58. The number of rotatable bonds is 5. The van der Waals surface area contributed by atoms with E-state index in [2.05, 4.69) is 10.6 Å². The lowest BCUT2D eigenvalue weighted by molar-refractivity contribution is -0.140. The topological polar surface area (TPSA) is 78.4 Å². The van der Waals surface area contributed by atoms with Crippen LogP contribution in [-0.4, -0.2) is 29.7 Å². The van der Waals surface area contributed by atoms with Crippen molar-refractivity contribution in [1.29, 1.82) is 0 Å². The van der Waals surface area contributed by atoms with Crippen LogP contribution in [0, 0.1) is 11.8 Å². The number of nitrogens with one attached hydrogen (secondary N) is 2. The number of hydrogen-bond donors (Lipinski definition) is 3. The molecule has 92 valence electrons. The van der Waals surface area contributed by atoms with Crippen LogP contribution in [0.25, 0.3) is 0 Å². The highest BCUT2D eigenvalue weighted by Gasteiger charge is 2.24. The first-order valence-corrected chi connectivity index (χ1v) is 5.78. The number of carbonyl (C=O) groups is 2. The van der Waals surface area contributed by atoms with Gasteiger partial charge in [-0.05, 0) is 24.7 Å². The molecule has 0 aromatic rings. The summed E-state index contributed by atoms with van der Waals surface area (Å²) < 4.78 is 0. The van der Waals surface area contributed by atoms with Gasteiger partial charge in [0.25, 0.3) is 0 Å². The first-order valence-electron chi connectivity index (χ1n) is 5.78. The zero-order valence-electron chi connectivity index (χ0n) is 9.82. The zero-order valence-corrected chi connectivity index (χ0v) is 9.82. The first kappa shape index (κ1) is 12.8. The van der Waals surface area contributed by atoms with Gasteiger partial charge in [-0.25, -0.2) is 9.59 Å². The third-order valence-electron chi connectivity index (χ3n) is 3.00. The molecule has 1 atom stereocenters. The summed E-state index contributed by atoms with van der Waals surface area (Å²) in [6.45, 7) is 4.19. The van der Waals surface area contributed by atoms with Gasteiger partial charge in [0.2, 0.25) is 0 Å². The predicted molar refractivity (Wildman–Crippen MR) is 60.1 cm³/mol. The van der Waals surface area contributed by atoms with Crippen LogP contribution in [0.4, 0.5) is 4.79 Å². The van der Waals surface area contributed by atoms with E-state index in [0.29, 0.717) is 12.5 Å². The van der Waals surface area contributed by atoms with Crippen molar-refractivity contribution in [2.45, 2.75) is 39.2 Å². The SMILES string of the molecule is CC(C)C(NC(=O)NCC1CCC1)C(=O)O. The molecular formula is C11H20N2O3. The molecule has 16 heavy (non-hydrogen) atoms. The largest absolute Gasteiger partial charge is 0.480 e. The summed E-state index contributed by atoms with van der Waals surface area (Å²) in [6, 6.07) is -1.20. The summed E-state index contributed by atoms with van der Waals surface area (Å²) in [5.74, 6) is -0.533. The number of carboxylic acid groups (broad SMARTS) is 1. The van der Waals surface area contributed by atoms with E-state index in [4.69, 9.17) is 5.11 Å². The Labute approximate surface area is 95.6 Å². The highest BCUT2D eigenvalue weighted by Crippen LogP contribution is 2.24. The molecule has 2 amide bonds. The Morgan fingerprint density at radius 1 is 1.38 bits per heavy atom. The minimum absolute atomic E-state index is 0.119. The standard InChI is InChI=1S/C11H20N2O3/c1-7(2)9(10(14)15)13-11(16)12-6-8-4-3-5-8/h7-9H,3-6H2,1-2H3,(H,14,15)(H2,12,13,16). The molecule has 1 aliphatic rings. The van der Waals surface area contributed by atoms with Crippen molar-refractivity contribution < 1.29 is 14.7 Å². The van der Waals surface area contributed by atoms with Crippen LogP contribution in [0.5, 0.6) is 0 Å². The molecule has 5 nitrogen and oxygen atoms in total. The van der Waals surface area contributed by atoms with Crippen molar-refractivity contribution in [3.8, 4) is 0 Å². The second-order valence-corrected chi connectivity index (χ2v) is 4.71. The molecule has 1 fully saturated rings. The number of hydrogen-bond acceptors (Lipinski definition) is 2. The van der Waals surface area contributed by atoms with Crippen molar-refractivity contribution in [2.24, 2.45) is 11.8 Å². The summed E-state index contributed by atoms with van der Waals surface area (Å²) >= 11 is 0. The minimum atomic E-state index is -0.992. The van der Waals surface area contributed by atoms with E-state index in [9.17, 15) is 9.59 Å². The monoisotopic (exact) mass is 228 g/mol. The van der Waals surface area contributed by atoms with Crippen LogP contribution >= 0.6 is 0 Å². The number of urea groups is 1. The van der Waals surface area contributed by atoms with Gasteiger partial charge in [-0.2, -0.15) is 0 Å². The highest BCUT2D eigenvalue weighted by molar-refractivity contribution is 5.82. The van der Waals surface area contributed by atoms with E-state index in [1.807, 2.05) is 0 Å². The zero-order chi connectivity index (χ0) is 12.1. The maximum Gasteiger partial charge on any atom is 0.326 e. The van der Waals surface area contributed by atoms with E-state index < -0.39 is 12.0 Å². The number of aliphatic carboxylic acids is 1. The van der Waals surface area contributed by atoms with Crippen LogP contribution < -0.4 is 10.6 Å². The normalized spacial score (nSPS) is 17.7. The van der Waals surface area contributed by atoms with Crippen LogP contribution in [-0.2, 0) is 4.79 Å². The average molecular weight is 228 g/mol. The van der Waals surface area contributed by atoms with E-state index in [1.165, 1.54) is 6.42 Å². The molecule has 1 unspecified atom stereocenters. The fourth-order valence-electron chi connectivity index (χ4n) is 1.64. The second kappa shape index (κ2) is 5.72. The minimum Gasteiger partial charge on any atom is -0.480 e. The van der Waals surface area contributed by atoms with Gasteiger partial charge in [0.05, 0.1) is 0 Å². The summed E-state index contributed by atoms with van der Waals surface area (Å²) in [7, 11) is 0. The van der Waals surface area contributed by atoms with Gasteiger partial charge < -0.3 is 15.7 Å². The molecule has 0 aliphatic heterocycles. The lowest BCUT2D eigenvalue weighted by Crippen LogP contribution is -2.49. The molecule has 0 heterocycles. The van der Waals surface area contributed by atoms with Gasteiger partial charge in [0.15, 0.2) is 0 Å². The fourth-order valence-corrected chi connectivity index (χ4v) is 1.64. The first-order chi connectivity index (χ1) is 7.50. The van der Waals surface area contributed by atoms with Crippen molar-refractivity contribution in [3.63, 3.8) is 0 Å². The van der Waals surface area contributed by atoms with E-state index in [1.54, 1.807) is 13.8 Å². The molecule has 0 bridgehead atoms. The predicted octanol–water partition coefficient (Wildman–Crippen LogP) is 1.19. The van der Waals surface area contributed by atoms with Crippen molar-refractivity contribution in [1.82, 2.24) is 10.6 Å². The van der Waals surface area contributed by atoms with Crippen LogP contribution in [0.1, 0.15) is 33.1 Å². The summed E-state index contributed by atoms with van der Waals surface area (Å²) in [5, 5.41) is 14.1. The van der Waals surface area contributed by atoms with Crippen molar-refractivity contribution >= 4 is 12.0 Å². The molecular weight excluding hydrogens is 208 g/mol. The Bertz CT molecular complexity index is 262. The number of carbonyl (C=O) groups excluding carboxylic acids is 1. The van der Waals surface area contributed by atoms with Gasteiger partial charge in [0.1, 0.15) is 6.04 Å². The molecule has 0 aromatic carbocycles. The number of amides is 2. The van der Waals surface area contributed by atoms with Crippen molar-refractivity contribution in [3.05, 3.63) is 0 Å². The van der Waals surface area contributed by atoms with Crippen molar-refractivity contribution in [2.75, 3.05) is 6.54 Å². The molecule has 0 saturated heterocycles. The van der Waals surface area contributed by atoms with Gasteiger partial charge in [0, 0.05) is 6.54 Å². The Balaban J connectivity index is 2.27. The Morgan fingerprint density at radius 3 is 2.38 bits per heavy atom. The van der Waals surface area contributed by atoms with Crippen LogP contribution in [0.3, 0.4) is 0 Å². The molecule has 0 aromatic heterocycles. The number of carboxylic acids is 1. The van der Waals surface area contributed by atoms with Gasteiger partial charge >= 0.3 is 12.0 Å². The van der Waals surface area contributed by atoms with Gasteiger partial charge in [-0.1, -0.05) is 20.3 Å². The average Bonchev–Trinajstić information content (AvgIpc) is 2.10. The van der Waals surface area contributed by atoms with Gasteiger partial charge in [-0.15, -0.1) is 0 Å². The maximum atomic E-state index is 11.4. The molecule has 0 spiro atoms. The lowest BCUT2D eigenvalue weighted by atomic mass is 9.85. The summed E-state index contributed by atoms with van der Waals surface area (Å²) in [4.78, 5) is 22.3. The quantitative estimate of drug-likeness (QED) is 0.661. The molecule has 0 radical (unpaired) electrons. The molecule has 1 saturated carbocycles. The molecule has 3 N–H and O–H groups in total. The van der Waals surface area contributed by atoms with E-state index >= 15 is 0 Å². The Morgan fingerprint density at radius 2 is 2.00 bits per heavy atom. The third-order valence-corrected chi connectivity index (χ3v) is 3.00. The van der Waals surface area contributed by atoms with Crippen LogP contribution in [0.2, 0.25) is 0 Å². The summed E-state index contributed by atoms with van der Waals surface area (Å²) in [5.41, 5.74) is 0. The van der Waals surface area contributed by atoms with E-state index in [-0.39, 0.29) is 11.9 Å². The smallest absolute Gasteiger partial charge is 0.326 e. The lowest BCUT2D eigenvalue weighted by Gasteiger charge is -2.26.